The van der Waals surface area contributed by atoms with Crippen LogP contribution in [0.4, 0.5) is 4.79 Å². The zero-order valence-electron chi connectivity index (χ0n) is 16.3. The third-order valence-electron chi connectivity index (χ3n) is 5.14. The lowest BCUT2D eigenvalue weighted by atomic mass is 9.84. The first-order chi connectivity index (χ1) is 11.6. The van der Waals surface area contributed by atoms with Crippen molar-refractivity contribution in [1.29, 1.82) is 0 Å². The zero-order valence-corrected chi connectivity index (χ0v) is 16.3. The number of carbonyl (C=O) groups excluding carboxylic acids is 2. The molecule has 3 amide bonds. The SMILES string of the molecule is CCN(CC)CCN1C(=O)NC(C)(c2ccc(C(C)(C)C)cc2)C1=O. The number of carbonyl (C=O) groups is 2. The van der Waals surface area contributed by atoms with Gasteiger partial charge in [0.15, 0.2) is 0 Å². The van der Waals surface area contributed by atoms with E-state index >= 15 is 0 Å². The van der Waals surface area contributed by atoms with Gasteiger partial charge in [-0.2, -0.15) is 0 Å². The van der Waals surface area contributed by atoms with E-state index in [1.165, 1.54) is 10.5 Å². The minimum atomic E-state index is -0.989. The van der Waals surface area contributed by atoms with Gasteiger partial charge in [-0.15, -0.1) is 0 Å². The van der Waals surface area contributed by atoms with Crippen molar-refractivity contribution in [3.05, 3.63) is 35.4 Å². The van der Waals surface area contributed by atoms with Gasteiger partial charge in [0.25, 0.3) is 5.91 Å². The second-order valence-corrected chi connectivity index (χ2v) is 7.87. The Morgan fingerprint density at radius 1 is 1.08 bits per heavy atom. The summed E-state index contributed by atoms with van der Waals surface area (Å²) in [4.78, 5) is 28.8. The van der Waals surface area contributed by atoms with E-state index in [0.29, 0.717) is 13.1 Å². The van der Waals surface area contributed by atoms with Gasteiger partial charge in [0, 0.05) is 13.1 Å². The Labute approximate surface area is 151 Å². The van der Waals surface area contributed by atoms with Gasteiger partial charge in [0.2, 0.25) is 0 Å². The van der Waals surface area contributed by atoms with Gasteiger partial charge >= 0.3 is 6.03 Å². The Morgan fingerprint density at radius 2 is 1.64 bits per heavy atom. The number of hydrogen-bond acceptors (Lipinski definition) is 3. The first-order valence-electron chi connectivity index (χ1n) is 9.11. The average molecular weight is 345 g/mol. The predicted molar refractivity (Wildman–Crippen MR) is 101 cm³/mol. The number of nitrogens with zero attached hydrogens (tertiary/aromatic N) is 2. The zero-order chi connectivity index (χ0) is 18.8. The molecule has 1 aliphatic heterocycles. The highest BCUT2D eigenvalue weighted by Crippen LogP contribution is 2.31. The van der Waals surface area contributed by atoms with E-state index in [1.54, 1.807) is 6.92 Å². The van der Waals surface area contributed by atoms with Gasteiger partial charge in [0.1, 0.15) is 5.54 Å². The molecule has 138 valence electrons. The molecule has 1 atom stereocenters. The highest BCUT2D eigenvalue weighted by molar-refractivity contribution is 6.07. The number of rotatable bonds is 6. The Morgan fingerprint density at radius 3 is 2.12 bits per heavy atom. The average Bonchev–Trinajstić information content (AvgIpc) is 2.79. The summed E-state index contributed by atoms with van der Waals surface area (Å²) in [6, 6.07) is 7.68. The number of nitrogens with one attached hydrogen (secondary N) is 1. The van der Waals surface area contributed by atoms with Crippen LogP contribution < -0.4 is 5.32 Å². The molecule has 0 aliphatic carbocycles. The van der Waals surface area contributed by atoms with Gasteiger partial charge < -0.3 is 10.2 Å². The van der Waals surface area contributed by atoms with E-state index in [9.17, 15) is 9.59 Å². The minimum Gasteiger partial charge on any atom is -0.319 e. The van der Waals surface area contributed by atoms with Gasteiger partial charge in [-0.25, -0.2) is 4.79 Å². The Balaban J connectivity index is 2.18. The van der Waals surface area contributed by atoms with E-state index in [4.69, 9.17) is 0 Å². The van der Waals surface area contributed by atoms with Crippen molar-refractivity contribution in [3.63, 3.8) is 0 Å². The largest absolute Gasteiger partial charge is 0.325 e. The van der Waals surface area contributed by atoms with Crippen molar-refractivity contribution < 1.29 is 9.59 Å². The summed E-state index contributed by atoms with van der Waals surface area (Å²) in [5, 5.41) is 2.88. The molecule has 0 spiro atoms. The lowest BCUT2D eigenvalue weighted by Gasteiger charge is -2.25. The van der Waals surface area contributed by atoms with E-state index in [-0.39, 0.29) is 17.4 Å². The molecule has 1 saturated heterocycles. The normalized spacial score (nSPS) is 21.2. The molecule has 1 heterocycles. The van der Waals surface area contributed by atoms with Gasteiger partial charge in [-0.1, -0.05) is 58.9 Å². The number of hydrogen-bond donors (Lipinski definition) is 1. The summed E-state index contributed by atoms with van der Waals surface area (Å²) >= 11 is 0. The van der Waals surface area contributed by atoms with E-state index in [1.807, 2.05) is 24.3 Å². The molecule has 1 aromatic carbocycles. The number of imide groups is 1. The first kappa shape index (κ1) is 19.4. The van der Waals surface area contributed by atoms with Crippen molar-refractivity contribution in [2.45, 2.75) is 52.5 Å². The number of benzene rings is 1. The minimum absolute atomic E-state index is 0.0537. The van der Waals surface area contributed by atoms with Crippen LogP contribution in [0.15, 0.2) is 24.3 Å². The molecule has 0 bridgehead atoms. The van der Waals surface area contributed by atoms with E-state index in [2.05, 4.69) is 44.8 Å². The molecule has 25 heavy (non-hydrogen) atoms. The fourth-order valence-corrected chi connectivity index (χ4v) is 3.18. The number of amides is 3. The molecular weight excluding hydrogens is 314 g/mol. The van der Waals surface area contributed by atoms with Crippen LogP contribution in [-0.2, 0) is 15.7 Å². The third-order valence-corrected chi connectivity index (χ3v) is 5.14. The van der Waals surface area contributed by atoms with Crippen LogP contribution in [0.1, 0.15) is 52.7 Å². The van der Waals surface area contributed by atoms with Gasteiger partial charge in [-0.3, -0.25) is 9.69 Å². The van der Waals surface area contributed by atoms with Crippen LogP contribution in [-0.4, -0.2) is 47.9 Å². The maximum absolute atomic E-state index is 12.9. The summed E-state index contributed by atoms with van der Waals surface area (Å²) < 4.78 is 0. The number of urea groups is 1. The summed E-state index contributed by atoms with van der Waals surface area (Å²) in [6.45, 7) is 15.3. The van der Waals surface area contributed by atoms with Crippen molar-refractivity contribution >= 4 is 11.9 Å². The van der Waals surface area contributed by atoms with Crippen LogP contribution >= 0.6 is 0 Å². The molecule has 5 heteroatoms. The molecule has 1 aliphatic rings. The molecule has 1 aromatic rings. The van der Waals surface area contributed by atoms with E-state index < -0.39 is 5.54 Å². The first-order valence-corrected chi connectivity index (χ1v) is 9.11. The van der Waals surface area contributed by atoms with Crippen LogP contribution in [0.5, 0.6) is 0 Å². The van der Waals surface area contributed by atoms with Crippen molar-refractivity contribution in [2.75, 3.05) is 26.2 Å². The maximum Gasteiger partial charge on any atom is 0.325 e. The molecule has 0 aromatic heterocycles. The van der Waals surface area contributed by atoms with Gasteiger partial charge in [0.05, 0.1) is 0 Å². The fourth-order valence-electron chi connectivity index (χ4n) is 3.18. The van der Waals surface area contributed by atoms with Crippen molar-refractivity contribution in [2.24, 2.45) is 0 Å². The molecule has 0 radical (unpaired) electrons. The summed E-state index contributed by atoms with van der Waals surface area (Å²) in [5.74, 6) is -0.173. The highest BCUT2D eigenvalue weighted by atomic mass is 16.2. The Bertz CT molecular complexity index is 629. The molecule has 0 saturated carbocycles. The smallest absolute Gasteiger partial charge is 0.319 e. The van der Waals surface area contributed by atoms with Crippen LogP contribution in [0.2, 0.25) is 0 Å². The Kier molecular flexibility index (Phi) is 5.57. The molecule has 2 rings (SSSR count). The highest BCUT2D eigenvalue weighted by Gasteiger charge is 2.48. The Hall–Kier alpha value is -1.88. The lowest BCUT2D eigenvalue weighted by Crippen LogP contribution is -2.42. The summed E-state index contributed by atoms with van der Waals surface area (Å²) in [7, 11) is 0. The van der Waals surface area contributed by atoms with Crippen LogP contribution in [0.25, 0.3) is 0 Å². The molecule has 5 nitrogen and oxygen atoms in total. The quantitative estimate of drug-likeness (QED) is 0.806. The van der Waals surface area contributed by atoms with Crippen LogP contribution in [0, 0.1) is 0 Å². The standard InChI is InChI=1S/C20H31N3O2/c1-7-22(8-2)13-14-23-17(24)20(6,21-18(23)25)16-11-9-15(10-12-16)19(3,4)5/h9-12H,7-8,13-14H2,1-6H3,(H,21,25). The third kappa shape index (κ3) is 3.87. The second-order valence-electron chi connectivity index (χ2n) is 7.87. The summed E-state index contributed by atoms with van der Waals surface area (Å²) in [5.41, 5.74) is 1.09. The van der Waals surface area contributed by atoms with Crippen LogP contribution in [0.3, 0.4) is 0 Å². The predicted octanol–water partition coefficient (Wildman–Crippen LogP) is 3.09. The fraction of sp³-hybridized carbons (Fsp3) is 0.600. The maximum atomic E-state index is 12.9. The topological polar surface area (TPSA) is 52.6 Å². The molecule has 1 unspecified atom stereocenters. The number of likely N-dealkylation sites (N-methyl/N-ethyl adjacent to an activating group) is 1. The monoisotopic (exact) mass is 345 g/mol. The molecule has 1 fully saturated rings. The van der Waals surface area contributed by atoms with Crippen molar-refractivity contribution in [1.82, 2.24) is 15.1 Å². The van der Waals surface area contributed by atoms with E-state index in [0.717, 1.165) is 18.7 Å². The van der Waals surface area contributed by atoms with Gasteiger partial charge in [-0.05, 0) is 36.6 Å². The lowest BCUT2D eigenvalue weighted by molar-refractivity contribution is -0.131. The van der Waals surface area contributed by atoms with Crippen molar-refractivity contribution in [3.8, 4) is 0 Å². The summed E-state index contributed by atoms with van der Waals surface area (Å²) in [6.07, 6.45) is 0. The molecule has 1 N–H and O–H groups in total. The molecular formula is C20H31N3O2. The second kappa shape index (κ2) is 7.16.